The second-order valence-corrected chi connectivity index (χ2v) is 6.73. The number of urea groups is 1. The van der Waals surface area contributed by atoms with Gasteiger partial charge in [-0.05, 0) is 54.6 Å². The van der Waals surface area contributed by atoms with Gasteiger partial charge in [0, 0.05) is 17.1 Å². The van der Waals surface area contributed by atoms with E-state index in [4.69, 9.17) is 9.29 Å². The normalized spacial score (nSPS) is 11.2. The molecule has 3 aromatic carbocycles. The number of anilines is 3. The lowest BCUT2D eigenvalue weighted by Crippen LogP contribution is -2.20. The molecule has 0 bridgehead atoms. The predicted molar refractivity (Wildman–Crippen MR) is 111 cm³/mol. The summed E-state index contributed by atoms with van der Waals surface area (Å²) in [5.74, 6) is 0.412. The molecule has 3 aromatic rings. The Bertz CT molecular complexity index is 1030. The third-order valence-corrected chi connectivity index (χ3v) is 4.31. The highest BCUT2D eigenvalue weighted by Gasteiger charge is 2.08. The fraction of sp³-hybridized carbons (Fsp3) is 0. The highest BCUT2D eigenvalue weighted by atomic mass is 32.2. The fourth-order valence-electron chi connectivity index (χ4n) is 2.36. The van der Waals surface area contributed by atoms with Crippen LogP contribution in [0.15, 0.2) is 83.8 Å². The monoisotopic (exact) mass is 411 g/mol. The smallest absolute Gasteiger partial charge is 0.410 e. The van der Waals surface area contributed by atoms with Crippen molar-refractivity contribution in [1.82, 2.24) is 0 Å². The van der Waals surface area contributed by atoms with Crippen LogP contribution in [0, 0.1) is 0 Å². The van der Waals surface area contributed by atoms with Gasteiger partial charge < -0.3 is 19.9 Å². The third kappa shape index (κ3) is 6.16. The molecule has 1 atom stereocenters. The number of ether oxygens (including phenoxy) is 1. The zero-order valence-corrected chi connectivity index (χ0v) is 15.8. The first kappa shape index (κ1) is 20.1. The molecule has 0 aliphatic heterocycles. The van der Waals surface area contributed by atoms with E-state index in [0.29, 0.717) is 22.8 Å². The molecule has 148 valence electrons. The lowest BCUT2D eigenvalue weighted by molar-refractivity contribution is 0.215. The molecular formula is C20H17N3O5S. The summed E-state index contributed by atoms with van der Waals surface area (Å²) in [6.07, 6.45) is -0.654. The molecule has 1 unspecified atom stereocenters. The maximum atomic E-state index is 12.1. The minimum Gasteiger partial charge on any atom is -0.410 e. The maximum absolute atomic E-state index is 12.1. The summed E-state index contributed by atoms with van der Waals surface area (Å²) < 4.78 is 25.1. The number of amides is 3. The third-order valence-electron chi connectivity index (χ3n) is 3.63. The standard InChI is InChI=1S/C20H17N3O5S/c24-19(21-14-9-11-18(12-10-14)29(26)27)22-15-5-4-6-16(13-15)23-20(25)28-17-7-2-1-3-8-17/h1-13H,(H,23,25)(H,26,27)(H2,21,22,24). The van der Waals surface area contributed by atoms with Gasteiger partial charge in [-0.1, -0.05) is 24.3 Å². The van der Waals surface area contributed by atoms with Crippen LogP contribution >= 0.6 is 0 Å². The summed E-state index contributed by atoms with van der Waals surface area (Å²) in [6, 6.07) is 20.6. The highest BCUT2D eigenvalue weighted by molar-refractivity contribution is 7.79. The molecule has 3 rings (SSSR count). The summed E-state index contributed by atoms with van der Waals surface area (Å²) in [5.41, 5.74) is 1.35. The molecule has 0 heterocycles. The van der Waals surface area contributed by atoms with Crippen LogP contribution in [-0.4, -0.2) is 20.9 Å². The van der Waals surface area contributed by atoms with Crippen molar-refractivity contribution in [2.24, 2.45) is 0 Å². The van der Waals surface area contributed by atoms with Gasteiger partial charge in [-0.25, -0.2) is 13.8 Å². The van der Waals surface area contributed by atoms with E-state index in [0.717, 1.165) is 0 Å². The van der Waals surface area contributed by atoms with Gasteiger partial charge in [0.05, 0.1) is 4.90 Å². The van der Waals surface area contributed by atoms with Crippen molar-refractivity contribution in [1.29, 1.82) is 0 Å². The van der Waals surface area contributed by atoms with Gasteiger partial charge in [-0.3, -0.25) is 5.32 Å². The Balaban J connectivity index is 1.56. The Hall–Kier alpha value is -3.69. The Morgan fingerprint density at radius 1 is 0.759 bits per heavy atom. The Kier molecular flexibility index (Phi) is 6.56. The molecule has 0 aliphatic rings. The number of nitrogens with one attached hydrogen (secondary N) is 3. The molecule has 0 saturated heterocycles. The van der Waals surface area contributed by atoms with Gasteiger partial charge in [0.1, 0.15) is 5.75 Å². The Labute approximate surface area is 169 Å². The zero-order valence-electron chi connectivity index (χ0n) is 15.0. The van der Waals surface area contributed by atoms with Gasteiger partial charge in [0.15, 0.2) is 11.1 Å². The van der Waals surface area contributed by atoms with E-state index in [-0.39, 0.29) is 4.90 Å². The molecule has 3 amide bonds. The summed E-state index contributed by atoms with van der Waals surface area (Å²) in [4.78, 5) is 24.3. The maximum Gasteiger partial charge on any atom is 0.417 e. The summed E-state index contributed by atoms with van der Waals surface area (Å²) in [7, 11) is 0. The number of hydrogen-bond donors (Lipinski definition) is 4. The van der Waals surface area contributed by atoms with E-state index in [1.807, 2.05) is 6.07 Å². The van der Waals surface area contributed by atoms with Crippen molar-refractivity contribution >= 4 is 40.3 Å². The fourth-order valence-corrected chi connectivity index (χ4v) is 2.73. The quantitative estimate of drug-likeness (QED) is 0.461. The summed E-state index contributed by atoms with van der Waals surface area (Å²) in [6.45, 7) is 0. The topological polar surface area (TPSA) is 117 Å². The van der Waals surface area contributed by atoms with Gasteiger partial charge >= 0.3 is 12.1 Å². The van der Waals surface area contributed by atoms with Crippen molar-refractivity contribution in [3.05, 3.63) is 78.9 Å². The van der Waals surface area contributed by atoms with Crippen LogP contribution in [-0.2, 0) is 11.1 Å². The van der Waals surface area contributed by atoms with Crippen molar-refractivity contribution in [2.75, 3.05) is 16.0 Å². The molecule has 0 saturated carbocycles. The average Bonchev–Trinajstić information content (AvgIpc) is 2.69. The molecule has 0 aliphatic carbocycles. The van der Waals surface area contributed by atoms with Crippen LogP contribution in [0.3, 0.4) is 0 Å². The van der Waals surface area contributed by atoms with Gasteiger partial charge in [0.25, 0.3) is 0 Å². The molecule has 0 aromatic heterocycles. The molecule has 4 N–H and O–H groups in total. The highest BCUT2D eigenvalue weighted by Crippen LogP contribution is 2.17. The number of rotatable bonds is 5. The minimum atomic E-state index is -2.08. The van der Waals surface area contributed by atoms with Crippen molar-refractivity contribution in [2.45, 2.75) is 4.90 Å². The average molecular weight is 411 g/mol. The van der Waals surface area contributed by atoms with Crippen molar-refractivity contribution in [3.63, 3.8) is 0 Å². The summed E-state index contributed by atoms with van der Waals surface area (Å²) >= 11 is -2.08. The van der Waals surface area contributed by atoms with Gasteiger partial charge in [-0.15, -0.1) is 0 Å². The second kappa shape index (κ2) is 9.49. The van der Waals surface area contributed by atoms with E-state index >= 15 is 0 Å². The number of hydrogen-bond acceptors (Lipinski definition) is 4. The molecule has 8 nitrogen and oxygen atoms in total. The molecule has 29 heavy (non-hydrogen) atoms. The van der Waals surface area contributed by atoms with Gasteiger partial charge in [0.2, 0.25) is 0 Å². The Morgan fingerprint density at radius 3 is 2.03 bits per heavy atom. The van der Waals surface area contributed by atoms with Crippen LogP contribution in [0.1, 0.15) is 0 Å². The molecule has 0 radical (unpaired) electrons. The minimum absolute atomic E-state index is 0.233. The number of carbonyl (C=O) groups excluding carboxylic acids is 2. The lowest BCUT2D eigenvalue weighted by atomic mass is 10.3. The first-order valence-electron chi connectivity index (χ1n) is 8.42. The molecule has 9 heteroatoms. The zero-order chi connectivity index (χ0) is 20.6. The van der Waals surface area contributed by atoms with Crippen LogP contribution in [0.2, 0.25) is 0 Å². The predicted octanol–water partition coefficient (Wildman–Crippen LogP) is 4.52. The van der Waals surface area contributed by atoms with E-state index in [1.54, 1.807) is 48.5 Å². The van der Waals surface area contributed by atoms with Crippen LogP contribution in [0.25, 0.3) is 0 Å². The van der Waals surface area contributed by atoms with Crippen LogP contribution in [0.5, 0.6) is 5.75 Å². The number of para-hydroxylation sites is 1. The number of carbonyl (C=O) groups is 2. The van der Waals surface area contributed by atoms with Gasteiger partial charge in [-0.2, -0.15) is 0 Å². The molecule has 0 spiro atoms. The molecule has 0 fully saturated rings. The van der Waals surface area contributed by atoms with E-state index < -0.39 is 23.2 Å². The number of benzene rings is 3. The van der Waals surface area contributed by atoms with Crippen LogP contribution < -0.4 is 20.7 Å². The lowest BCUT2D eigenvalue weighted by Gasteiger charge is -2.10. The second-order valence-electron chi connectivity index (χ2n) is 5.76. The van der Waals surface area contributed by atoms with E-state index in [9.17, 15) is 13.8 Å². The summed E-state index contributed by atoms with van der Waals surface area (Å²) in [5, 5.41) is 7.83. The largest absolute Gasteiger partial charge is 0.417 e. The first-order chi connectivity index (χ1) is 14.0. The van der Waals surface area contributed by atoms with E-state index in [2.05, 4.69) is 16.0 Å². The van der Waals surface area contributed by atoms with Crippen LogP contribution in [0.4, 0.5) is 26.7 Å². The SMILES string of the molecule is O=C(Nc1ccc(S(=O)O)cc1)Nc1cccc(NC(=O)Oc2ccccc2)c1. The Morgan fingerprint density at radius 2 is 1.38 bits per heavy atom. The van der Waals surface area contributed by atoms with E-state index in [1.165, 1.54) is 24.3 Å². The van der Waals surface area contributed by atoms with Crippen molar-refractivity contribution < 1.29 is 23.1 Å². The molecular weight excluding hydrogens is 394 g/mol. The van der Waals surface area contributed by atoms with Crippen molar-refractivity contribution in [3.8, 4) is 5.75 Å². The first-order valence-corrected chi connectivity index (χ1v) is 9.53.